The Morgan fingerprint density at radius 1 is 1.23 bits per heavy atom. The molecule has 0 saturated heterocycles. The van der Waals surface area contributed by atoms with E-state index in [-0.39, 0.29) is 11.6 Å². The van der Waals surface area contributed by atoms with Gasteiger partial charge in [0, 0.05) is 6.54 Å². The fourth-order valence-electron chi connectivity index (χ4n) is 2.78. The van der Waals surface area contributed by atoms with Crippen LogP contribution in [0.2, 0.25) is 0 Å². The van der Waals surface area contributed by atoms with Crippen LogP contribution in [0.5, 0.6) is 5.75 Å². The van der Waals surface area contributed by atoms with Gasteiger partial charge in [0.2, 0.25) is 0 Å². The molecule has 0 aliphatic carbocycles. The number of fused-ring (bicyclic) bond motifs is 1. The van der Waals surface area contributed by atoms with E-state index < -0.39 is 0 Å². The van der Waals surface area contributed by atoms with Crippen molar-refractivity contribution in [2.45, 2.75) is 19.5 Å². The molecule has 134 valence electrons. The molecule has 26 heavy (non-hydrogen) atoms. The van der Waals surface area contributed by atoms with Crippen molar-refractivity contribution in [3.63, 3.8) is 0 Å². The van der Waals surface area contributed by atoms with Crippen LogP contribution in [0.3, 0.4) is 0 Å². The Balaban J connectivity index is 1.74. The summed E-state index contributed by atoms with van der Waals surface area (Å²) in [6, 6.07) is 15.3. The van der Waals surface area contributed by atoms with Crippen LogP contribution in [0.25, 0.3) is 10.9 Å². The Kier molecular flexibility index (Phi) is 5.49. The second-order valence-electron chi connectivity index (χ2n) is 6.30. The smallest absolute Gasteiger partial charge is 0.258 e. The molecule has 1 N–H and O–H groups in total. The van der Waals surface area contributed by atoms with Crippen molar-refractivity contribution in [1.82, 2.24) is 14.9 Å². The molecule has 0 radical (unpaired) electrons. The van der Waals surface area contributed by atoms with Gasteiger partial charge in [-0.2, -0.15) is 0 Å². The van der Waals surface area contributed by atoms with E-state index in [2.05, 4.69) is 21.4 Å². The van der Waals surface area contributed by atoms with Gasteiger partial charge in [0.25, 0.3) is 5.56 Å². The van der Waals surface area contributed by atoms with Crippen molar-refractivity contribution in [3.8, 4) is 5.75 Å². The molecule has 5 nitrogen and oxygen atoms in total. The third kappa shape index (κ3) is 4.00. The molecule has 1 heterocycles. The molecule has 0 saturated carbocycles. The number of hydrogen-bond acceptors (Lipinski definition) is 4. The Labute approximate surface area is 153 Å². The summed E-state index contributed by atoms with van der Waals surface area (Å²) in [7, 11) is 2.02. The highest BCUT2D eigenvalue weighted by Crippen LogP contribution is 2.20. The maximum absolute atomic E-state index is 12.3. The topological polar surface area (TPSA) is 58.2 Å². The molecular weight excluding hydrogens is 326 g/mol. The molecule has 0 bridgehead atoms. The molecule has 3 rings (SSSR count). The Morgan fingerprint density at radius 2 is 1.96 bits per heavy atom. The lowest BCUT2D eigenvalue weighted by atomic mass is 10.1. The first-order valence-electron chi connectivity index (χ1n) is 8.60. The van der Waals surface area contributed by atoms with Crippen LogP contribution in [0.4, 0.5) is 0 Å². The number of rotatable bonds is 7. The number of benzene rings is 2. The average molecular weight is 349 g/mol. The number of hydrogen-bond donors (Lipinski definition) is 1. The predicted molar refractivity (Wildman–Crippen MR) is 104 cm³/mol. The van der Waals surface area contributed by atoms with E-state index in [4.69, 9.17) is 4.74 Å². The van der Waals surface area contributed by atoms with Crippen molar-refractivity contribution in [2.24, 2.45) is 0 Å². The van der Waals surface area contributed by atoms with Gasteiger partial charge in [-0.05, 0) is 43.8 Å². The van der Waals surface area contributed by atoms with Gasteiger partial charge in [-0.1, -0.05) is 36.9 Å². The first-order chi connectivity index (χ1) is 12.6. The second kappa shape index (κ2) is 7.97. The summed E-state index contributed by atoms with van der Waals surface area (Å²) < 4.78 is 5.50. The zero-order chi connectivity index (χ0) is 18.5. The minimum Gasteiger partial charge on any atom is -0.490 e. The lowest BCUT2D eigenvalue weighted by Gasteiger charge is -2.24. The lowest BCUT2D eigenvalue weighted by Crippen LogP contribution is -2.26. The summed E-state index contributed by atoms with van der Waals surface area (Å²) in [6.07, 6.45) is 1.72. The minimum absolute atomic E-state index is 0.0241. The standard InChI is InChI=1S/C21H23N3O2/c1-4-13-26-17-11-9-16(10-12-17)14-24(3)15(2)20-22-19-8-6-5-7-18(19)21(25)23-20/h4-12,15H,1,13-14H2,2-3H3,(H,22,23,25)/t15-/m0/s1. The molecular formula is C21H23N3O2. The summed E-state index contributed by atoms with van der Waals surface area (Å²) in [5.41, 5.74) is 1.78. The molecule has 1 atom stereocenters. The molecule has 0 unspecified atom stereocenters. The quantitative estimate of drug-likeness (QED) is 0.661. The number of H-pyrrole nitrogens is 1. The number of aromatic nitrogens is 2. The van der Waals surface area contributed by atoms with Crippen LogP contribution >= 0.6 is 0 Å². The molecule has 0 fully saturated rings. The van der Waals surface area contributed by atoms with E-state index in [1.54, 1.807) is 12.1 Å². The molecule has 3 aromatic rings. The van der Waals surface area contributed by atoms with Gasteiger partial charge in [-0.3, -0.25) is 9.69 Å². The third-order valence-electron chi connectivity index (χ3n) is 4.41. The Hall–Kier alpha value is -2.92. The van der Waals surface area contributed by atoms with E-state index in [0.29, 0.717) is 17.8 Å². The van der Waals surface area contributed by atoms with Gasteiger partial charge >= 0.3 is 0 Å². The van der Waals surface area contributed by atoms with Crippen LogP contribution in [-0.2, 0) is 6.54 Å². The highest BCUT2D eigenvalue weighted by atomic mass is 16.5. The zero-order valence-corrected chi connectivity index (χ0v) is 15.1. The van der Waals surface area contributed by atoms with Gasteiger partial charge in [0.05, 0.1) is 16.9 Å². The van der Waals surface area contributed by atoms with Crippen LogP contribution < -0.4 is 10.3 Å². The van der Waals surface area contributed by atoms with Gasteiger partial charge in [0.15, 0.2) is 0 Å². The van der Waals surface area contributed by atoms with E-state index in [1.807, 2.05) is 56.4 Å². The molecule has 0 aliphatic rings. The number of para-hydroxylation sites is 1. The monoisotopic (exact) mass is 349 g/mol. The van der Waals surface area contributed by atoms with Crippen molar-refractivity contribution in [2.75, 3.05) is 13.7 Å². The predicted octanol–water partition coefficient (Wildman–Crippen LogP) is 3.68. The van der Waals surface area contributed by atoms with Crippen molar-refractivity contribution < 1.29 is 4.74 Å². The van der Waals surface area contributed by atoms with E-state index in [1.165, 1.54) is 0 Å². The van der Waals surface area contributed by atoms with Crippen molar-refractivity contribution in [1.29, 1.82) is 0 Å². The molecule has 2 aromatic carbocycles. The second-order valence-corrected chi connectivity index (χ2v) is 6.30. The van der Waals surface area contributed by atoms with Crippen LogP contribution in [0, 0.1) is 0 Å². The maximum Gasteiger partial charge on any atom is 0.258 e. The zero-order valence-electron chi connectivity index (χ0n) is 15.1. The highest BCUT2D eigenvalue weighted by Gasteiger charge is 2.16. The summed E-state index contributed by atoms with van der Waals surface area (Å²) >= 11 is 0. The Bertz CT molecular complexity index is 947. The number of aromatic amines is 1. The molecule has 0 aliphatic heterocycles. The number of nitrogens with zero attached hydrogens (tertiary/aromatic N) is 2. The third-order valence-corrected chi connectivity index (χ3v) is 4.41. The fourth-order valence-corrected chi connectivity index (χ4v) is 2.78. The number of nitrogens with one attached hydrogen (secondary N) is 1. The van der Waals surface area contributed by atoms with E-state index in [9.17, 15) is 4.79 Å². The lowest BCUT2D eigenvalue weighted by molar-refractivity contribution is 0.244. The van der Waals surface area contributed by atoms with Gasteiger partial charge in [0.1, 0.15) is 18.2 Å². The molecule has 0 amide bonds. The van der Waals surface area contributed by atoms with Gasteiger partial charge in [-0.15, -0.1) is 0 Å². The Morgan fingerprint density at radius 3 is 2.69 bits per heavy atom. The van der Waals surface area contributed by atoms with E-state index in [0.717, 1.165) is 23.4 Å². The van der Waals surface area contributed by atoms with Gasteiger partial charge < -0.3 is 9.72 Å². The highest BCUT2D eigenvalue weighted by molar-refractivity contribution is 5.77. The number of ether oxygens (including phenoxy) is 1. The summed E-state index contributed by atoms with van der Waals surface area (Å²) in [5, 5.41) is 0.612. The first kappa shape index (κ1) is 17.9. The van der Waals surface area contributed by atoms with Crippen LogP contribution in [-0.4, -0.2) is 28.5 Å². The SMILES string of the molecule is C=CCOc1ccc(CN(C)[C@@H](C)c2nc3ccccc3c(=O)[nH]2)cc1. The van der Waals surface area contributed by atoms with Gasteiger partial charge in [-0.25, -0.2) is 4.98 Å². The fraction of sp³-hybridized carbons (Fsp3) is 0.238. The normalized spacial score (nSPS) is 12.3. The summed E-state index contributed by atoms with van der Waals surface area (Å²) in [4.78, 5) is 22.0. The molecule has 1 aromatic heterocycles. The van der Waals surface area contributed by atoms with Crippen LogP contribution in [0.1, 0.15) is 24.4 Å². The molecule has 5 heteroatoms. The van der Waals surface area contributed by atoms with Crippen LogP contribution in [0.15, 0.2) is 66.0 Å². The average Bonchev–Trinajstić information content (AvgIpc) is 2.66. The maximum atomic E-state index is 12.3. The van der Waals surface area contributed by atoms with E-state index >= 15 is 0 Å². The van der Waals surface area contributed by atoms with Crippen molar-refractivity contribution >= 4 is 10.9 Å². The summed E-state index contributed by atoms with van der Waals surface area (Å²) in [6.45, 7) is 6.91. The first-order valence-corrected chi connectivity index (χ1v) is 8.60. The largest absolute Gasteiger partial charge is 0.490 e. The minimum atomic E-state index is -0.102. The summed E-state index contributed by atoms with van der Waals surface area (Å²) in [5.74, 6) is 1.49. The van der Waals surface area contributed by atoms with Crippen molar-refractivity contribution in [3.05, 3.63) is 82.9 Å². The molecule has 0 spiro atoms.